The zero-order chi connectivity index (χ0) is 13.9. The first-order valence-electron chi connectivity index (χ1n) is 4.99. The van der Waals surface area contributed by atoms with Crippen molar-refractivity contribution in [3.8, 4) is 12.3 Å². The minimum atomic E-state index is -3.62. The summed E-state index contributed by atoms with van der Waals surface area (Å²) >= 11 is 5.74. The summed E-state index contributed by atoms with van der Waals surface area (Å²) < 4.78 is 24.0. The number of benzene rings is 1. The fraction of sp³-hybridized carbons (Fsp3) is 0.250. The molecule has 0 aromatic heterocycles. The van der Waals surface area contributed by atoms with Crippen LogP contribution in [-0.2, 0) is 9.84 Å². The summed E-state index contributed by atoms with van der Waals surface area (Å²) in [6.07, 6.45) is 5.09. The van der Waals surface area contributed by atoms with Crippen LogP contribution in [-0.4, -0.2) is 25.2 Å². The molecule has 0 aliphatic heterocycles. The third-order valence-electron chi connectivity index (χ3n) is 2.41. The molecular formula is C12H11ClO4S. The molecule has 0 unspecified atom stereocenters. The maximum atomic E-state index is 12.0. The molecule has 0 saturated carbocycles. The molecule has 0 amide bonds. The maximum Gasteiger partial charge on any atom is 0.336 e. The first-order chi connectivity index (χ1) is 8.29. The van der Waals surface area contributed by atoms with Gasteiger partial charge in [0.1, 0.15) is 0 Å². The van der Waals surface area contributed by atoms with E-state index in [0.29, 0.717) is 0 Å². The Morgan fingerprint density at radius 3 is 2.61 bits per heavy atom. The first-order valence-corrected chi connectivity index (χ1v) is 7.02. The Kier molecular flexibility index (Phi) is 4.38. The van der Waals surface area contributed by atoms with Crippen LogP contribution < -0.4 is 0 Å². The van der Waals surface area contributed by atoms with Crippen molar-refractivity contribution in [1.29, 1.82) is 0 Å². The molecule has 0 atom stereocenters. The fourth-order valence-corrected chi connectivity index (χ4v) is 3.27. The van der Waals surface area contributed by atoms with Gasteiger partial charge in [-0.3, -0.25) is 0 Å². The lowest BCUT2D eigenvalue weighted by Crippen LogP contribution is -2.11. The van der Waals surface area contributed by atoms with E-state index in [1.165, 1.54) is 19.1 Å². The molecule has 18 heavy (non-hydrogen) atoms. The van der Waals surface area contributed by atoms with Gasteiger partial charge in [0.15, 0.2) is 9.84 Å². The molecular weight excluding hydrogens is 276 g/mol. The first kappa shape index (κ1) is 14.6. The number of terminal acetylenes is 1. The summed E-state index contributed by atoms with van der Waals surface area (Å²) in [4.78, 5) is 10.9. The van der Waals surface area contributed by atoms with Crippen molar-refractivity contribution < 1.29 is 18.3 Å². The molecule has 0 spiro atoms. The molecule has 0 heterocycles. The Hall–Kier alpha value is -1.51. The average Bonchev–Trinajstić information content (AvgIpc) is 2.28. The summed E-state index contributed by atoms with van der Waals surface area (Å²) in [6.45, 7) is 1.43. The molecule has 1 aromatic rings. The van der Waals surface area contributed by atoms with Crippen molar-refractivity contribution in [2.45, 2.75) is 18.2 Å². The number of halogens is 1. The Balaban J connectivity index is 3.43. The molecule has 6 heteroatoms. The second kappa shape index (κ2) is 5.42. The van der Waals surface area contributed by atoms with E-state index in [1.807, 2.05) is 0 Å². The zero-order valence-corrected chi connectivity index (χ0v) is 11.2. The van der Waals surface area contributed by atoms with Crippen LogP contribution in [0, 0.1) is 19.3 Å². The summed E-state index contributed by atoms with van der Waals surface area (Å²) in [5.74, 6) is 0.785. The summed E-state index contributed by atoms with van der Waals surface area (Å²) in [6, 6.07) is 2.47. The lowest BCUT2D eigenvalue weighted by atomic mass is 10.1. The molecule has 1 N–H and O–H groups in total. The maximum absolute atomic E-state index is 12.0. The molecule has 0 aliphatic rings. The van der Waals surface area contributed by atoms with Gasteiger partial charge in [0.2, 0.25) is 0 Å². The summed E-state index contributed by atoms with van der Waals surface area (Å²) in [7, 11) is -3.62. The highest BCUT2D eigenvalue weighted by atomic mass is 35.5. The average molecular weight is 287 g/mol. The van der Waals surface area contributed by atoms with Gasteiger partial charge in [-0.2, -0.15) is 0 Å². The van der Waals surface area contributed by atoms with Crippen molar-refractivity contribution >= 4 is 27.4 Å². The van der Waals surface area contributed by atoms with E-state index >= 15 is 0 Å². The number of hydrogen-bond acceptors (Lipinski definition) is 3. The zero-order valence-electron chi connectivity index (χ0n) is 9.60. The molecule has 0 bridgehead atoms. The lowest BCUT2D eigenvalue weighted by Gasteiger charge is -2.10. The molecule has 0 radical (unpaired) electrons. The van der Waals surface area contributed by atoms with Crippen LogP contribution in [0.1, 0.15) is 22.3 Å². The van der Waals surface area contributed by atoms with Gasteiger partial charge < -0.3 is 5.11 Å². The Labute approximate surface area is 111 Å². The number of carbonyl (C=O) groups is 1. The molecule has 1 aromatic carbocycles. The van der Waals surface area contributed by atoms with Crippen LogP contribution in [0.3, 0.4) is 0 Å². The SMILES string of the molecule is C#CCCS(=O)(=O)c1cc(Cl)cc(C(=O)O)c1C. The number of rotatable bonds is 4. The van der Waals surface area contributed by atoms with Crippen LogP contribution in [0.2, 0.25) is 5.02 Å². The van der Waals surface area contributed by atoms with E-state index in [9.17, 15) is 13.2 Å². The van der Waals surface area contributed by atoms with Crippen molar-refractivity contribution in [2.24, 2.45) is 0 Å². The van der Waals surface area contributed by atoms with Crippen LogP contribution in [0.4, 0.5) is 0 Å². The third-order valence-corrected chi connectivity index (χ3v) is 4.46. The van der Waals surface area contributed by atoms with Crippen LogP contribution >= 0.6 is 11.6 Å². The van der Waals surface area contributed by atoms with Gasteiger partial charge in [0, 0.05) is 11.4 Å². The molecule has 0 aliphatic carbocycles. The molecule has 96 valence electrons. The molecule has 1 rings (SSSR count). The minimum absolute atomic E-state index is 0.0662. The van der Waals surface area contributed by atoms with Gasteiger partial charge in [-0.25, -0.2) is 13.2 Å². The number of hydrogen-bond donors (Lipinski definition) is 1. The van der Waals surface area contributed by atoms with Gasteiger partial charge in [0.05, 0.1) is 16.2 Å². The Morgan fingerprint density at radius 2 is 2.11 bits per heavy atom. The standard InChI is InChI=1S/C12H11ClO4S/c1-3-4-5-18(16,17)11-7-9(13)6-10(8(11)2)12(14)15/h1,6-7H,4-5H2,2H3,(H,14,15). The van der Waals surface area contributed by atoms with E-state index in [4.69, 9.17) is 23.1 Å². The lowest BCUT2D eigenvalue weighted by molar-refractivity contribution is 0.0696. The van der Waals surface area contributed by atoms with E-state index in [-0.39, 0.29) is 33.2 Å². The predicted molar refractivity (Wildman–Crippen MR) is 68.7 cm³/mol. The second-order valence-electron chi connectivity index (χ2n) is 3.65. The highest BCUT2D eigenvalue weighted by molar-refractivity contribution is 7.91. The van der Waals surface area contributed by atoms with E-state index in [1.54, 1.807) is 0 Å². The van der Waals surface area contributed by atoms with Crippen LogP contribution in [0.25, 0.3) is 0 Å². The molecule has 0 saturated heterocycles. The monoisotopic (exact) mass is 286 g/mol. The Bertz CT molecular complexity index is 626. The van der Waals surface area contributed by atoms with E-state index in [2.05, 4.69) is 5.92 Å². The smallest absolute Gasteiger partial charge is 0.336 e. The van der Waals surface area contributed by atoms with Crippen LogP contribution in [0.5, 0.6) is 0 Å². The number of carboxylic acid groups (broad SMARTS) is 1. The van der Waals surface area contributed by atoms with Crippen molar-refractivity contribution in [3.63, 3.8) is 0 Å². The Morgan fingerprint density at radius 1 is 1.50 bits per heavy atom. The number of aromatic carboxylic acids is 1. The quantitative estimate of drug-likeness (QED) is 0.861. The highest BCUT2D eigenvalue weighted by Crippen LogP contribution is 2.25. The normalized spacial score (nSPS) is 10.9. The fourth-order valence-electron chi connectivity index (χ4n) is 1.50. The summed E-state index contributed by atoms with van der Waals surface area (Å²) in [5.41, 5.74) is 0.0469. The topological polar surface area (TPSA) is 71.4 Å². The largest absolute Gasteiger partial charge is 0.478 e. The highest BCUT2D eigenvalue weighted by Gasteiger charge is 2.21. The molecule has 4 nitrogen and oxygen atoms in total. The van der Waals surface area contributed by atoms with Gasteiger partial charge in [-0.1, -0.05) is 11.6 Å². The van der Waals surface area contributed by atoms with Crippen molar-refractivity contribution in [1.82, 2.24) is 0 Å². The van der Waals surface area contributed by atoms with Gasteiger partial charge >= 0.3 is 5.97 Å². The molecule has 0 fully saturated rings. The third kappa shape index (κ3) is 3.03. The second-order valence-corrected chi connectivity index (χ2v) is 6.17. The van der Waals surface area contributed by atoms with Crippen molar-refractivity contribution in [2.75, 3.05) is 5.75 Å². The van der Waals surface area contributed by atoms with Crippen molar-refractivity contribution in [3.05, 3.63) is 28.3 Å². The van der Waals surface area contributed by atoms with E-state index in [0.717, 1.165) is 0 Å². The van der Waals surface area contributed by atoms with Gasteiger partial charge in [0.25, 0.3) is 0 Å². The van der Waals surface area contributed by atoms with Crippen LogP contribution in [0.15, 0.2) is 17.0 Å². The van der Waals surface area contributed by atoms with E-state index < -0.39 is 15.8 Å². The number of sulfone groups is 1. The van der Waals surface area contributed by atoms with Gasteiger partial charge in [-0.05, 0) is 24.6 Å². The minimum Gasteiger partial charge on any atom is -0.478 e. The predicted octanol–water partition coefficient (Wildman–Crippen LogP) is 2.14. The summed E-state index contributed by atoms with van der Waals surface area (Å²) in [5, 5.41) is 9.04. The number of carboxylic acids is 1. The van der Waals surface area contributed by atoms with Gasteiger partial charge in [-0.15, -0.1) is 12.3 Å².